The smallest absolute Gasteiger partial charge is 0.159 e. The molecule has 0 saturated carbocycles. The Morgan fingerprint density at radius 3 is 1.62 bits per heavy atom. The zero-order valence-electron chi connectivity index (χ0n) is 5.59. The quantitative estimate of drug-likeness (QED) is 0.505. The van der Waals surface area contributed by atoms with Gasteiger partial charge in [-0.2, -0.15) is 0 Å². The fourth-order valence-electron chi connectivity index (χ4n) is 0.518. The van der Waals surface area contributed by atoms with Gasteiger partial charge in [0.15, 0.2) is 8.96 Å². The van der Waals surface area contributed by atoms with Crippen LogP contribution in [0.4, 0.5) is 0 Å². The Bertz CT molecular complexity index is 80.5. The van der Waals surface area contributed by atoms with E-state index in [2.05, 4.69) is 31.8 Å². The van der Waals surface area contributed by atoms with Crippen molar-refractivity contribution in [1.82, 2.24) is 4.57 Å². The third-order valence-electron chi connectivity index (χ3n) is 1.08. The topological polar surface area (TPSA) is 3.24 Å². The highest BCUT2D eigenvalue weighted by molar-refractivity contribution is 6.66. The molecule has 0 aromatic rings. The molecule has 46 valence electrons. The van der Waals surface area contributed by atoms with Crippen LogP contribution < -0.4 is 0 Å². The van der Waals surface area contributed by atoms with Crippen LogP contribution in [0.5, 0.6) is 0 Å². The second-order valence-electron chi connectivity index (χ2n) is 1.93. The molecule has 0 aromatic carbocycles. The summed E-state index contributed by atoms with van der Waals surface area (Å²) in [4.78, 5) is 0. The Morgan fingerprint density at radius 1 is 1.25 bits per heavy atom. The highest BCUT2D eigenvalue weighted by atomic mass is 28.3. The van der Waals surface area contributed by atoms with Crippen LogP contribution in [0.1, 0.15) is 0 Å². The lowest BCUT2D eigenvalue weighted by atomic mass is 11.2. The largest absolute Gasteiger partial charge is 0.325 e. The lowest BCUT2D eigenvalue weighted by Gasteiger charge is -2.13. The van der Waals surface area contributed by atoms with Gasteiger partial charge >= 0.3 is 0 Å². The molecule has 0 aliphatic carbocycles. The van der Waals surface area contributed by atoms with Crippen LogP contribution in [0.3, 0.4) is 0 Å². The Morgan fingerprint density at radius 2 is 1.62 bits per heavy atom. The van der Waals surface area contributed by atoms with Crippen molar-refractivity contribution >= 4 is 8.96 Å². The Balaban J connectivity index is 3.68. The van der Waals surface area contributed by atoms with Crippen molar-refractivity contribution in [2.24, 2.45) is 0 Å². The van der Waals surface area contributed by atoms with Gasteiger partial charge in [0.2, 0.25) is 0 Å². The maximum Gasteiger partial charge on any atom is 0.159 e. The van der Waals surface area contributed by atoms with Crippen molar-refractivity contribution in [3.8, 4) is 0 Å². The normalized spacial score (nSPS) is 10.0. The Kier molecular flexibility index (Phi) is 3.48. The van der Waals surface area contributed by atoms with Crippen LogP contribution in [0, 0.1) is 0 Å². The first-order valence-electron chi connectivity index (χ1n) is 2.64. The van der Waals surface area contributed by atoms with E-state index in [1.54, 1.807) is 0 Å². The molecule has 0 amide bonds. The summed E-state index contributed by atoms with van der Waals surface area (Å²) in [5, 5.41) is 0. The van der Waals surface area contributed by atoms with E-state index in [0.29, 0.717) is 0 Å². The second-order valence-corrected chi connectivity index (χ2v) is 4.88. The Labute approximate surface area is 53.0 Å². The van der Waals surface area contributed by atoms with Gasteiger partial charge in [0.05, 0.1) is 0 Å². The molecule has 1 nitrogen and oxygen atoms in total. The molecular formula is C6H13NSi. The standard InChI is InChI=1S/C6H13NSi/c1-5-8(6-2)7(3)4/h5-6,8H,1-2H2,3-4H3. The van der Waals surface area contributed by atoms with Crippen LogP contribution in [-0.2, 0) is 0 Å². The molecule has 0 atom stereocenters. The zero-order chi connectivity index (χ0) is 6.57. The van der Waals surface area contributed by atoms with E-state index in [9.17, 15) is 0 Å². The fraction of sp³-hybridized carbons (Fsp3) is 0.333. The SMILES string of the molecule is C=C[SiH](C=C)N(C)C. The van der Waals surface area contributed by atoms with Gasteiger partial charge in [0, 0.05) is 0 Å². The maximum absolute atomic E-state index is 3.70. The van der Waals surface area contributed by atoms with Crippen LogP contribution in [0.25, 0.3) is 0 Å². The molecule has 0 heterocycles. The summed E-state index contributed by atoms with van der Waals surface area (Å²) in [6.45, 7) is 7.40. The van der Waals surface area contributed by atoms with Crippen molar-refractivity contribution in [1.29, 1.82) is 0 Å². The molecule has 8 heavy (non-hydrogen) atoms. The molecule has 0 aliphatic rings. The third-order valence-corrected chi connectivity index (χ3v) is 3.24. The van der Waals surface area contributed by atoms with Crippen molar-refractivity contribution in [3.63, 3.8) is 0 Å². The molecule has 2 heteroatoms. The van der Waals surface area contributed by atoms with Gasteiger partial charge in [-0.15, -0.1) is 13.2 Å². The second kappa shape index (κ2) is 3.63. The summed E-state index contributed by atoms with van der Waals surface area (Å²) >= 11 is 0. The number of nitrogens with zero attached hydrogens (tertiary/aromatic N) is 1. The predicted octanol–water partition coefficient (Wildman–Crippen LogP) is 0.722. The first-order valence-corrected chi connectivity index (χ1v) is 4.49. The van der Waals surface area contributed by atoms with Gasteiger partial charge in [-0.25, -0.2) is 0 Å². The van der Waals surface area contributed by atoms with Crippen molar-refractivity contribution < 1.29 is 0 Å². The Hall–Kier alpha value is -0.343. The zero-order valence-corrected chi connectivity index (χ0v) is 6.75. The van der Waals surface area contributed by atoms with Gasteiger partial charge in [-0.3, -0.25) is 0 Å². The first kappa shape index (κ1) is 7.66. The molecular weight excluding hydrogens is 114 g/mol. The van der Waals surface area contributed by atoms with Gasteiger partial charge in [-0.05, 0) is 14.1 Å². The van der Waals surface area contributed by atoms with Gasteiger partial charge < -0.3 is 4.57 Å². The minimum atomic E-state index is -0.904. The summed E-state index contributed by atoms with van der Waals surface area (Å²) in [5.41, 5.74) is 3.99. The summed E-state index contributed by atoms with van der Waals surface area (Å²) in [6, 6.07) is 0. The van der Waals surface area contributed by atoms with Crippen molar-refractivity contribution in [3.05, 3.63) is 24.6 Å². The van der Waals surface area contributed by atoms with Crippen molar-refractivity contribution in [2.75, 3.05) is 14.1 Å². The van der Waals surface area contributed by atoms with E-state index in [0.717, 1.165) is 0 Å². The monoisotopic (exact) mass is 127 g/mol. The molecule has 0 radical (unpaired) electrons. The molecule has 0 bridgehead atoms. The summed E-state index contributed by atoms with van der Waals surface area (Å²) in [6.07, 6.45) is 0. The lowest BCUT2D eigenvalue weighted by molar-refractivity contribution is 0.656. The third kappa shape index (κ3) is 2.09. The molecule has 0 saturated heterocycles. The average Bonchev–Trinajstić information content (AvgIpc) is 1.69. The molecule has 0 spiro atoms. The molecule has 0 unspecified atom stereocenters. The van der Waals surface area contributed by atoms with E-state index in [4.69, 9.17) is 0 Å². The molecule has 0 fully saturated rings. The van der Waals surface area contributed by atoms with Crippen LogP contribution in [0.15, 0.2) is 24.6 Å². The van der Waals surface area contributed by atoms with E-state index < -0.39 is 8.96 Å². The maximum atomic E-state index is 3.70. The molecule has 0 N–H and O–H groups in total. The highest BCUT2D eigenvalue weighted by Gasteiger charge is 2.00. The first-order chi connectivity index (χ1) is 3.72. The van der Waals surface area contributed by atoms with Gasteiger partial charge in [-0.1, -0.05) is 11.4 Å². The van der Waals surface area contributed by atoms with Crippen molar-refractivity contribution in [2.45, 2.75) is 0 Å². The summed E-state index contributed by atoms with van der Waals surface area (Å²) in [7, 11) is 3.21. The predicted molar refractivity (Wildman–Crippen MR) is 41.2 cm³/mol. The fourth-order valence-corrected chi connectivity index (χ4v) is 1.55. The molecule has 0 aliphatic heterocycles. The molecule has 0 rings (SSSR count). The number of rotatable bonds is 3. The molecule has 0 aromatic heterocycles. The van der Waals surface area contributed by atoms with E-state index in [1.165, 1.54) is 0 Å². The van der Waals surface area contributed by atoms with Gasteiger partial charge in [0.25, 0.3) is 0 Å². The minimum Gasteiger partial charge on any atom is -0.325 e. The number of hydrogen-bond donors (Lipinski definition) is 0. The van der Waals surface area contributed by atoms with Crippen LogP contribution >= 0.6 is 0 Å². The van der Waals surface area contributed by atoms with E-state index in [-0.39, 0.29) is 0 Å². The minimum absolute atomic E-state index is 0.904. The number of hydrogen-bond acceptors (Lipinski definition) is 1. The summed E-state index contributed by atoms with van der Waals surface area (Å²) < 4.78 is 2.18. The highest BCUT2D eigenvalue weighted by Crippen LogP contribution is 1.86. The van der Waals surface area contributed by atoms with Gasteiger partial charge in [0.1, 0.15) is 0 Å². The summed E-state index contributed by atoms with van der Waals surface area (Å²) in [5.74, 6) is 0. The lowest BCUT2D eigenvalue weighted by Crippen LogP contribution is -2.28. The van der Waals surface area contributed by atoms with Crippen LogP contribution in [-0.4, -0.2) is 27.6 Å². The van der Waals surface area contributed by atoms with Crippen LogP contribution in [0.2, 0.25) is 0 Å². The van der Waals surface area contributed by atoms with E-state index >= 15 is 0 Å². The van der Waals surface area contributed by atoms with E-state index in [1.807, 2.05) is 11.4 Å². The average molecular weight is 127 g/mol.